The summed E-state index contributed by atoms with van der Waals surface area (Å²) >= 11 is 0. The molecule has 54 valence electrons. The largest absolute Gasteiger partial charge is 0.330 e. The van der Waals surface area contributed by atoms with Gasteiger partial charge in [0.2, 0.25) is 0 Å². The third-order valence-electron chi connectivity index (χ3n) is 2.15. The summed E-state index contributed by atoms with van der Waals surface area (Å²) in [6.45, 7) is 6.76. The molecule has 1 rings (SSSR count). The van der Waals surface area contributed by atoms with Gasteiger partial charge in [0.25, 0.3) is 0 Å². The number of nitrogens with two attached hydrogens (primary N) is 1. The Bertz CT molecular complexity index is 73.0. The monoisotopic (exact) mass is 128 g/mol. The van der Waals surface area contributed by atoms with Gasteiger partial charge in [0, 0.05) is 6.54 Å². The van der Waals surface area contributed by atoms with Crippen LogP contribution in [0.4, 0.5) is 0 Å². The summed E-state index contributed by atoms with van der Waals surface area (Å²) in [5, 5.41) is 0. The van der Waals surface area contributed by atoms with Gasteiger partial charge in [0.1, 0.15) is 0 Å². The van der Waals surface area contributed by atoms with Crippen LogP contribution in [0.3, 0.4) is 0 Å². The van der Waals surface area contributed by atoms with Crippen LogP contribution in [0.25, 0.3) is 0 Å². The smallest absolute Gasteiger partial charge is 0.00221 e. The second-order valence-electron chi connectivity index (χ2n) is 2.78. The summed E-state index contributed by atoms with van der Waals surface area (Å²) in [6, 6.07) is 0. The fourth-order valence-electron chi connectivity index (χ4n) is 1.39. The molecule has 0 spiro atoms. The molecule has 0 saturated carbocycles. The number of rotatable bonds is 2. The summed E-state index contributed by atoms with van der Waals surface area (Å²) in [6.07, 6.45) is 1.31. The zero-order chi connectivity index (χ0) is 6.69. The van der Waals surface area contributed by atoms with Crippen molar-refractivity contribution in [2.24, 2.45) is 11.7 Å². The van der Waals surface area contributed by atoms with Crippen molar-refractivity contribution < 1.29 is 0 Å². The minimum atomic E-state index is 0.782. The molecule has 0 aromatic carbocycles. The van der Waals surface area contributed by atoms with E-state index >= 15 is 0 Å². The zero-order valence-electron chi connectivity index (χ0n) is 6.14. The normalized spacial score (nSPS) is 29.3. The first kappa shape index (κ1) is 7.03. The summed E-state index contributed by atoms with van der Waals surface area (Å²) in [7, 11) is 0. The Labute approximate surface area is 57.0 Å². The lowest BCUT2D eigenvalue weighted by atomic mass is 10.1. The lowest BCUT2D eigenvalue weighted by molar-refractivity contribution is 0.343. The van der Waals surface area contributed by atoms with Crippen molar-refractivity contribution in [3.8, 4) is 0 Å². The first-order valence-corrected chi connectivity index (χ1v) is 3.79. The molecule has 0 aromatic heterocycles. The van der Waals surface area contributed by atoms with Crippen molar-refractivity contribution in [3.63, 3.8) is 0 Å². The molecule has 0 bridgehead atoms. The Hall–Kier alpha value is -0.0800. The molecule has 1 saturated heterocycles. The van der Waals surface area contributed by atoms with Crippen molar-refractivity contribution >= 4 is 0 Å². The van der Waals surface area contributed by atoms with Crippen LogP contribution >= 0.6 is 0 Å². The highest BCUT2D eigenvalue weighted by Crippen LogP contribution is 2.13. The van der Waals surface area contributed by atoms with Gasteiger partial charge in [0.05, 0.1) is 0 Å². The summed E-state index contributed by atoms with van der Waals surface area (Å²) in [5.74, 6) is 0.782. The van der Waals surface area contributed by atoms with Crippen LogP contribution in [0.5, 0.6) is 0 Å². The van der Waals surface area contributed by atoms with Crippen LogP contribution in [0.1, 0.15) is 13.3 Å². The Morgan fingerprint density at radius 3 is 2.78 bits per heavy atom. The molecule has 2 nitrogen and oxygen atoms in total. The molecule has 0 radical (unpaired) electrons. The minimum Gasteiger partial charge on any atom is -0.330 e. The van der Waals surface area contributed by atoms with Crippen molar-refractivity contribution in [1.29, 1.82) is 0 Å². The predicted octanol–water partition coefficient (Wildman–Crippen LogP) is 0.287. The van der Waals surface area contributed by atoms with Crippen molar-refractivity contribution in [3.05, 3.63) is 0 Å². The van der Waals surface area contributed by atoms with Gasteiger partial charge in [-0.3, -0.25) is 0 Å². The third-order valence-corrected chi connectivity index (χ3v) is 2.15. The van der Waals surface area contributed by atoms with Gasteiger partial charge < -0.3 is 10.6 Å². The highest BCUT2D eigenvalue weighted by atomic mass is 15.1. The van der Waals surface area contributed by atoms with E-state index in [2.05, 4.69) is 11.8 Å². The summed E-state index contributed by atoms with van der Waals surface area (Å²) < 4.78 is 0. The average Bonchev–Trinajstić information content (AvgIpc) is 2.34. The molecule has 1 fully saturated rings. The predicted molar refractivity (Wildman–Crippen MR) is 39.3 cm³/mol. The Morgan fingerprint density at radius 1 is 1.67 bits per heavy atom. The molecule has 1 atom stereocenters. The van der Waals surface area contributed by atoms with Crippen molar-refractivity contribution in [1.82, 2.24) is 4.90 Å². The van der Waals surface area contributed by atoms with E-state index in [1.165, 1.54) is 26.1 Å². The van der Waals surface area contributed by atoms with E-state index in [1.54, 1.807) is 0 Å². The molecular weight excluding hydrogens is 112 g/mol. The average molecular weight is 128 g/mol. The van der Waals surface area contributed by atoms with E-state index in [0.717, 1.165) is 12.5 Å². The van der Waals surface area contributed by atoms with E-state index in [0.29, 0.717) is 0 Å². The maximum absolute atomic E-state index is 5.52. The number of nitrogens with zero attached hydrogens (tertiary/aromatic N) is 1. The van der Waals surface area contributed by atoms with Gasteiger partial charge >= 0.3 is 0 Å². The molecule has 0 amide bonds. The van der Waals surface area contributed by atoms with E-state index in [1.807, 2.05) is 0 Å². The Morgan fingerprint density at radius 2 is 2.44 bits per heavy atom. The SMILES string of the molecule is CCN1CC[C@@H](CN)C1. The highest BCUT2D eigenvalue weighted by molar-refractivity contribution is 4.74. The third kappa shape index (κ3) is 1.66. The number of hydrogen-bond acceptors (Lipinski definition) is 2. The van der Waals surface area contributed by atoms with Crippen LogP contribution < -0.4 is 5.73 Å². The molecule has 0 aliphatic carbocycles. The molecule has 0 unspecified atom stereocenters. The lowest BCUT2D eigenvalue weighted by Gasteiger charge is -2.10. The highest BCUT2D eigenvalue weighted by Gasteiger charge is 2.18. The Balaban J connectivity index is 2.20. The molecule has 2 N–H and O–H groups in total. The molecular formula is C7H16N2. The first-order chi connectivity index (χ1) is 4.36. The summed E-state index contributed by atoms with van der Waals surface area (Å²) in [4.78, 5) is 2.46. The maximum atomic E-state index is 5.52. The van der Waals surface area contributed by atoms with Crippen molar-refractivity contribution in [2.75, 3.05) is 26.2 Å². The standard InChI is InChI=1S/C7H16N2/c1-2-9-4-3-7(5-8)6-9/h7H,2-6,8H2,1H3/t7-/m0/s1. The minimum absolute atomic E-state index is 0.782. The van der Waals surface area contributed by atoms with Gasteiger partial charge in [-0.2, -0.15) is 0 Å². The first-order valence-electron chi connectivity index (χ1n) is 3.79. The molecule has 1 heterocycles. The van der Waals surface area contributed by atoms with Crippen molar-refractivity contribution in [2.45, 2.75) is 13.3 Å². The topological polar surface area (TPSA) is 29.3 Å². The molecule has 1 aliphatic rings. The maximum Gasteiger partial charge on any atom is 0.00221 e. The van der Waals surface area contributed by atoms with E-state index in [9.17, 15) is 0 Å². The van der Waals surface area contributed by atoms with Crippen LogP contribution in [0.2, 0.25) is 0 Å². The van der Waals surface area contributed by atoms with Crippen LogP contribution in [0.15, 0.2) is 0 Å². The quantitative estimate of drug-likeness (QED) is 0.579. The molecule has 2 heteroatoms. The molecule has 9 heavy (non-hydrogen) atoms. The van der Waals surface area contributed by atoms with E-state index in [-0.39, 0.29) is 0 Å². The Kier molecular flexibility index (Phi) is 2.49. The van der Waals surface area contributed by atoms with Crippen LogP contribution in [0, 0.1) is 5.92 Å². The number of likely N-dealkylation sites (tertiary alicyclic amines) is 1. The molecule has 1 aliphatic heterocycles. The fraction of sp³-hybridized carbons (Fsp3) is 1.00. The summed E-state index contributed by atoms with van der Waals surface area (Å²) in [5.41, 5.74) is 5.52. The van der Waals surface area contributed by atoms with Crippen LogP contribution in [-0.4, -0.2) is 31.1 Å². The van der Waals surface area contributed by atoms with E-state index < -0.39 is 0 Å². The van der Waals surface area contributed by atoms with Crippen LogP contribution in [-0.2, 0) is 0 Å². The second kappa shape index (κ2) is 3.18. The van der Waals surface area contributed by atoms with Gasteiger partial charge in [-0.15, -0.1) is 0 Å². The fourth-order valence-corrected chi connectivity index (χ4v) is 1.39. The molecule has 0 aromatic rings. The van der Waals surface area contributed by atoms with Gasteiger partial charge in [-0.25, -0.2) is 0 Å². The lowest BCUT2D eigenvalue weighted by Crippen LogP contribution is -2.22. The van der Waals surface area contributed by atoms with E-state index in [4.69, 9.17) is 5.73 Å². The zero-order valence-corrected chi connectivity index (χ0v) is 6.14. The van der Waals surface area contributed by atoms with Gasteiger partial charge in [-0.05, 0) is 32.0 Å². The van der Waals surface area contributed by atoms with Gasteiger partial charge in [-0.1, -0.05) is 6.92 Å². The van der Waals surface area contributed by atoms with Gasteiger partial charge in [0.15, 0.2) is 0 Å². The number of hydrogen-bond donors (Lipinski definition) is 1. The second-order valence-corrected chi connectivity index (χ2v) is 2.78.